The van der Waals surface area contributed by atoms with Crippen LogP contribution >= 0.6 is 0 Å². The Hall–Kier alpha value is -1.76. The van der Waals surface area contributed by atoms with E-state index in [2.05, 4.69) is 62.4 Å². The molecule has 0 N–H and O–H groups in total. The van der Waals surface area contributed by atoms with Crippen molar-refractivity contribution in [1.29, 1.82) is 0 Å². The van der Waals surface area contributed by atoms with E-state index in [9.17, 15) is 0 Å². The number of rotatable bonds is 13. The van der Waals surface area contributed by atoms with Gasteiger partial charge in [0.25, 0.3) is 0 Å². The van der Waals surface area contributed by atoms with Gasteiger partial charge in [-0.2, -0.15) is 0 Å². The molecule has 0 saturated carbocycles. The first-order valence-corrected chi connectivity index (χ1v) is 10.6. The highest BCUT2D eigenvalue weighted by atomic mass is 16.5. The molecule has 2 aromatic carbocycles. The lowest BCUT2D eigenvalue weighted by atomic mass is 10.0. The molecule has 0 heterocycles. The maximum Gasteiger partial charge on any atom is 0.119 e. The Morgan fingerprint density at radius 1 is 0.577 bits per heavy atom. The fourth-order valence-corrected chi connectivity index (χ4v) is 3.24. The molecule has 0 fully saturated rings. The summed E-state index contributed by atoms with van der Waals surface area (Å²) in [4.78, 5) is 0. The van der Waals surface area contributed by atoms with Gasteiger partial charge in [0.1, 0.15) is 5.75 Å². The molecule has 1 nitrogen and oxygen atoms in total. The fraction of sp³-hybridized carbons (Fsp3) is 0.520. The monoisotopic (exact) mass is 352 g/mol. The van der Waals surface area contributed by atoms with Crippen molar-refractivity contribution in [3.05, 3.63) is 65.2 Å². The van der Waals surface area contributed by atoms with E-state index >= 15 is 0 Å². The van der Waals surface area contributed by atoms with Crippen LogP contribution in [0.15, 0.2) is 48.5 Å². The lowest BCUT2D eigenvalue weighted by Crippen LogP contribution is -1.97. The zero-order valence-corrected chi connectivity index (χ0v) is 16.8. The molecule has 2 aromatic rings. The molecule has 0 atom stereocenters. The first-order valence-electron chi connectivity index (χ1n) is 10.6. The van der Waals surface area contributed by atoms with Gasteiger partial charge in [-0.15, -0.1) is 0 Å². The number of hydrogen-bond donors (Lipinski definition) is 0. The Balaban J connectivity index is 1.74. The van der Waals surface area contributed by atoms with Crippen LogP contribution in [0, 0.1) is 0 Å². The molecule has 142 valence electrons. The molecule has 0 amide bonds. The molecule has 0 radical (unpaired) electrons. The van der Waals surface area contributed by atoms with E-state index in [4.69, 9.17) is 4.74 Å². The first-order chi connectivity index (χ1) is 12.8. The summed E-state index contributed by atoms with van der Waals surface area (Å²) in [6.07, 6.45) is 12.5. The molecule has 0 spiro atoms. The van der Waals surface area contributed by atoms with Crippen LogP contribution in [0.1, 0.15) is 81.9 Å². The summed E-state index contributed by atoms with van der Waals surface area (Å²) in [5.41, 5.74) is 4.20. The van der Waals surface area contributed by atoms with Gasteiger partial charge in [0.15, 0.2) is 0 Å². The van der Waals surface area contributed by atoms with Gasteiger partial charge in [-0.25, -0.2) is 0 Å². The van der Waals surface area contributed by atoms with Crippen molar-refractivity contribution < 1.29 is 4.74 Å². The third-order valence-electron chi connectivity index (χ3n) is 4.94. The van der Waals surface area contributed by atoms with E-state index in [1.807, 2.05) is 0 Å². The SMILES string of the molecule is CCCCCCOc1ccc(Cc2ccc(CCCCCC)cc2)cc1. The minimum absolute atomic E-state index is 0.832. The van der Waals surface area contributed by atoms with Crippen LogP contribution in [-0.4, -0.2) is 6.61 Å². The maximum absolute atomic E-state index is 5.83. The van der Waals surface area contributed by atoms with Crippen molar-refractivity contribution in [2.45, 2.75) is 78.1 Å². The van der Waals surface area contributed by atoms with Crippen LogP contribution in [0.5, 0.6) is 5.75 Å². The molecule has 0 bridgehead atoms. The average molecular weight is 353 g/mol. The molecule has 26 heavy (non-hydrogen) atoms. The zero-order valence-electron chi connectivity index (χ0n) is 16.8. The van der Waals surface area contributed by atoms with Crippen LogP contribution in [0.4, 0.5) is 0 Å². The van der Waals surface area contributed by atoms with E-state index in [1.54, 1.807) is 0 Å². The highest BCUT2D eigenvalue weighted by Gasteiger charge is 2.00. The van der Waals surface area contributed by atoms with Crippen LogP contribution in [0.25, 0.3) is 0 Å². The summed E-state index contributed by atoms with van der Waals surface area (Å²) in [6, 6.07) is 17.8. The summed E-state index contributed by atoms with van der Waals surface area (Å²) in [6.45, 7) is 5.33. The molecule has 0 aliphatic rings. The molecule has 1 heteroatoms. The van der Waals surface area contributed by atoms with Gasteiger partial charge in [-0.05, 0) is 54.5 Å². The number of aryl methyl sites for hydroxylation is 1. The van der Waals surface area contributed by atoms with Gasteiger partial charge in [0.2, 0.25) is 0 Å². The normalized spacial score (nSPS) is 10.8. The summed E-state index contributed by atoms with van der Waals surface area (Å²) < 4.78 is 5.83. The number of benzene rings is 2. The van der Waals surface area contributed by atoms with Crippen molar-refractivity contribution >= 4 is 0 Å². The average Bonchev–Trinajstić information content (AvgIpc) is 2.68. The number of ether oxygens (including phenoxy) is 1. The molecular formula is C25H36O. The Morgan fingerprint density at radius 3 is 1.73 bits per heavy atom. The fourth-order valence-electron chi connectivity index (χ4n) is 3.24. The third-order valence-corrected chi connectivity index (χ3v) is 4.94. The second kappa shape index (κ2) is 12.6. The largest absolute Gasteiger partial charge is 0.494 e. The van der Waals surface area contributed by atoms with Crippen LogP contribution in [0.2, 0.25) is 0 Å². The van der Waals surface area contributed by atoms with Gasteiger partial charge in [0.05, 0.1) is 6.61 Å². The van der Waals surface area contributed by atoms with E-state index in [-0.39, 0.29) is 0 Å². The molecule has 2 rings (SSSR count). The van der Waals surface area contributed by atoms with Gasteiger partial charge in [0, 0.05) is 0 Å². The van der Waals surface area contributed by atoms with E-state index in [0.717, 1.165) is 25.2 Å². The summed E-state index contributed by atoms with van der Waals surface area (Å²) in [7, 11) is 0. The van der Waals surface area contributed by atoms with Crippen molar-refractivity contribution in [2.24, 2.45) is 0 Å². The Kier molecular flexibility index (Phi) is 9.94. The predicted octanol–water partition coefficient (Wildman–Crippen LogP) is 7.36. The van der Waals surface area contributed by atoms with Gasteiger partial charge in [-0.1, -0.05) is 88.8 Å². The Bertz CT molecular complexity index is 583. The smallest absolute Gasteiger partial charge is 0.119 e. The standard InChI is InChI=1S/C25H36O/c1-3-5-7-9-11-22-12-14-23(15-13-22)21-24-16-18-25(19-17-24)26-20-10-8-6-4-2/h12-19H,3-11,20-21H2,1-2H3. The summed E-state index contributed by atoms with van der Waals surface area (Å²) >= 11 is 0. The molecule has 0 unspecified atom stereocenters. The van der Waals surface area contributed by atoms with E-state index in [0.29, 0.717) is 0 Å². The molecule has 0 aliphatic carbocycles. The second-order valence-electron chi connectivity index (χ2n) is 7.36. The minimum Gasteiger partial charge on any atom is -0.494 e. The van der Waals surface area contributed by atoms with Crippen molar-refractivity contribution in [3.63, 3.8) is 0 Å². The second-order valence-corrected chi connectivity index (χ2v) is 7.36. The summed E-state index contributed by atoms with van der Waals surface area (Å²) in [5.74, 6) is 0.993. The topological polar surface area (TPSA) is 9.23 Å². The molecular weight excluding hydrogens is 316 g/mol. The lowest BCUT2D eigenvalue weighted by molar-refractivity contribution is 0.305. The molecule has 0 saturated heterocycles. The maximum atomic E-state index is 5.83. The van der Waals surface area contributed by atoms with Crippen LogP contribution in [-0.2, 0) is 12.8 Å². The van der Waals surface area contributed by atoms with Crippen molar-refractivity contribution in [1.82, 2.24) is 0 Å². The molecule has 0 aromatic heterocycles. The number of unbranched alkanes of at least 4 members (excludes halogenated alkanes) is 6. The van der Waals surface area contributed by atoms with Crippen LogP contribution < -0.4 is 4.74 Å². The minimum atomic E-state index is 0.832. The third kappa shape index (κ3) is 8.08. The summed E-state index contributed by atoms with van der Waals surface area (Å²) in [5, 5.41) is 0. The Labute approximate surface area is 160 Å². The Morgan fingerprint density at radius 2 is 1.12 bits per heavy atom. The van der Waals surface area contributed by atoms with Gasteiger partial charge in [-0.3, -0.25) is 0 Å². The van der Waals surface area contributed by atoms with E-state index in [1.165, 1.54) is 68.1 Å². The van der Waals surface area contributed by atoms with Crippen molar-refractivity contribution in [2.75, 3.05) is 6.61 Å². The highest BCUT2D eigenvalue weighted by molar-refractivity contribution is 5.32. The predicted molar refractivity (Wildman–Crippen MR) is 113 cm³/mol. The van der Waals surface area contributed by atoms with Crippen LogP contribution in [0.3, 0.4) is 0 Å². The van der Waals surface area contributed by atoms with E-state index < -0.39 is 0 Å². The zero-order chi connectivity index (χ0) is 18.5. The van der Waals surface area contributed by atoms with Gasteiger partial charge >= 0.3 is 0 Å². The highest BCUT2D eigenvalue weighted by Crippen LogP contribution is 2.17. The quantitative estimate of drug-likeness (QED) is 0.342. The van der Waals surface area contributed by atoms with Crippen molar-refractivity contribution in [3.8, 4) is 5.75 Å². The lowest BCUT2D eigenvalue weighted by Gasteiger charge is -2.08. The first kappa shape index (κ1) is 20.6. The van der Waals surface area contributed by atoms with Gasteiger partial charge < -0.3 is 4.74 Å². The number of hydrogen-bond acceptors (Lipinski definition) is 1. The molecule has 0 aliphatic heterocycles.